The molecule has 0 radical (unpaired) electrons. The van der Waals surface area contributed by atoms with Gasteiger partial charge < -0.3 is 0 Å². The van der Waals surface area contributed by atoms with Gasteiger partial charge in [-0.2, -0.15) is 0 Å². The molecule has 2 rings (SSSR count). The molecule has 0 fully saturated rings. The number of carbonyl (C=O) groups is 1. The Labute approximate surface area is 69.4 Å². The fourth-order valence-corrected chi connectivity index (χ4v) is 1.14. The molecule has 60 valence electrons. The minimum absolute atomic E-state index is 0.0920. The van der Waals surface area contributed by atoms with Crippen molar-refractivity contribution in [2.24, 2.45) is 4.99 Å². The SMILES string of the molecule is N=C1CC(=O)N2C=CC=CC2=N1. The van der Waals surface area contributed by atoms with E-state index in [1.54, 1.807) is 24.4 Å². The van der Waals surface area contributed by atoms with Crippen molar-refractivity contribution in [3.05, 3.63) is 24.4 Å². The number of fused-ring (bicyclic) bond motifs is 1. The third-order valence-electron chi connectivity index (χ3n) is 1.68. The van der Waals surface area contributed by atoms with Crippen LogP contribution >= 0.6 is 0 Å². The number of nitrogens with zero attached hydrogens (tertiary/aromatic N) is 2. The molecule has 0 aromatic carbocycles. The third-order valence-corrected chi connectivity index (χ3v) is 1.68. The Bertz CT molecular complexity index is 338. The quantitative estimate of drug-likeness (QED) is 0.558. The van der Waals surface area contributed by atoms with Crippen LogP contribution in [0.2, 0.25) is 0 Å². The van der Waals surface area contributed by atoms with Gasteiger partial charge in [-0.15, -0.1) is 0 Å². The number of amidine groups is 2. The summed E-state index contributed by atoms with van der Waals surface area (Å²) in [4.78, 5) is 16.6. The molecule has 2 aliphatic heterocycles. The minimum atomic E-state index is -0.0920. The summed E-state index contributed by atoms with van der Waals surface area (Å²) in [5.74, 6) is 0.579. The molecule has 4 heteroatoms. The Morgan fingerprint density at radius 1 is 1.50 bits per heavy atom. The molecule has 4 nitrogen and oxygen atoms in total. The first kappa shape index (κ1) is 6.97. The molecule has 0 atom stereocenters. The predicted molar refractivity (Wildman–Crippen MR) is 44.9 cm³/mol. The van der Waals surface area contributed by atoms with E-state index in [1.807, 2.05) is 0 Å². The molecule has 0 aromatic rings. The second-order valence-electron chi connectivity index (χ2n) is 2.56. The van der Waals surface area contributed by atoms with Gasteiger partial charge in [0, 0.05) is 6.20 Å². The Kier molecular flexibility index (Phi) is 1.40. The highest BCUT2D eigenvalue weighted by molar-refractivity contribution is 6.18. The van der Waals surface area contributed by atoms with Crippen LogP contribution in [0.15, 0.2) is 29.4 Å². The standard InChI is InChI=1S/C8H7N3O/c9-6-5-8(12)11-4-2-1-3-7(11)10-6/h1-4,9H,5H2. The summed E-state index contributed by atoms with van der Waals surface area (Å²) in [7, 11) is 0. The van der Waals surface area contributed by atoms with Crippen LogP contribution in [-0.4, -0.2) is 22.5 Å². The number of allylic oxidation sites excluding steroid dienone is 2. The fraction of sp³-hybridized carbons (Fsp3) is 0.125. The molecular formula is C8H7N3O. The van der Waals surface area contributed by atoms with Crippen LogP contribution < -0.4 is 0 Å². The van der Waals surface area contributed by atoms with Gasteiger partial charge in [0.25, 0.3) is 0 Å². The highest BCUT2D eigenvalue weighted by atomic mass is 16.2. The third kappa shape index (κ3) is 0.972. The van der Waals surface area contributed by atoms with Crippen LogP contribution in [0.4, 0.5) is 0 Å². The lowest BCUT2D eigenvalue weighted by atomic mass is 10.2. The van der Waals surface area contributed by atoms with Crippen LogP contribution in [0, 0.1) is 5.41 Å². The Morgan fingerprint density at radius 2 is 2.33 bits per heavy atom. The molecule has 1 N–H and O–H groups in total. The van der Waals surface area contributed by atoms with E-state index in [4.69, 9.17) is 5.41 Å². The Hall–Kier alpha value is -1.71. The van der Waals surface area contributed by atoms with Crippen LogP contribution in [0.1, 0.15) is 6.42 Å². The number of amides is 1. The minimum Gasteiger partial charge on any atom is -0.286 e. The monoisotopic (exact) mass is 161 g/mol. The molecule has 1 amide bonds. The summed E-state index contributed by atoms with van der Waals surface area (Å²) >= 11 is 0. The molecule has 12 heavy (non-hydrogen) atoms. The maximum atomic E-state index is 11.3. The zero-order chi connectivity index (χ0) is 8.55. The molecule has 2 aliphatic rings. The number of hydrogen-bond acceptors (Lipinski definition) is 2. The normalized spacial score (nSPS) is 21.0. The van der Waals surface area contributed by atoms with E-state index < -0.39 is 0 Å². The molecule has 0 saturated heterocycles. The van der Waals surface area contributed by atoms with Gasteiger partial charge in [0.2, 0.25) is 5.91 Å². The van der Waals surface area contributed by atoms with E-state index >= 15 is 0 Å². The van der Waals surface area contributed by atoms with Crippen LogP contribution in [0.5, 0.6) is 0 Å². The van der Waals surface area contributed by atoms with Gasteiger partial charge >= 0.3 is 0 Å². The first-order valence-electron chi connectivity index (χ1n) is 3.60. The van der Waals surface area contributed by atoms with E-state index in [-0.39, 0.29) is 18.2 Å². The van der Waals surface area contributed by atoms with Crippen molar-refractivity contribution in [2.45, 2.75) is 6.42 Å². The Morgan fingerprint density at radius 3 is 3.17 bits per heavy atom. The second-order valence-corrected chi connectivity index (χ2v) is 2.56. The van der Waals surface area contributed by atoms with Gasteiger partial charge in [0.05, 0.1) is 6.42 Å². The first-order valence-corrected chi connectivity index (χ1v) is 3.60. The summed E-state index contributed by atoms with van der Waals surface area (Å²) < 4.78 is 0. The maximum Gasteiger partial charge on any atom is 0.239 e. The predicted octanol–water partition coefficient (Wildman–Crippen LogP) is 0.678. The number of rotatable bonds is 0. The summed E-state index contributed by atoms with van der Waals surface area (Å²) in [6.45, 7) is 0. The largest absolute Gasteiger partial charge is 0.286 e. The maximum absolute atomic E-state index is 11.3. The van der Waals surface area contributed by atoms with Crippen molar-refractivity contribution in [2.75, 3.05) is 0 Å². The zero-order valence-corrected chi connectivity index (χ0v) is 6.32. The molecular weight excluding hydrogens is 154 g/mol. The van der Waals surface area contributed by atoms with Crippen molar-refractivity contribution in [1.82, 2.24) is 4.90 Å². The second kappa shape index (κ2) is 2.41. The van der Waals surface area contributed by atoms with Gasteiger partial charge in [0.1, 0.15) is 11.7 Å². The molecule has 0 aliphatic carbocycles. The highest BCUT2D eigenvalue weighted by Crippen LogP contribution is 2.11. The van der Waals surface area contributed by atoms with Gasteiger partial charge in [-0.25, -0.2) is 4.99 Å². The average Bonchev–Trinajstić information content (AvgIpc) is 2.04. The average molecular weight is 161 g/mol. The fourth-order valence-electron chi connectivity index (χ4n) is 1.14. The van der Waals surface area contributed by atoms with E-state index in [2.05, 4.69) is 4.99 Å². The van der Waals surface area contributed by atoms with Gasteiger partial charge in [0.15, 0.2) is 0 Å². The van der Waals surface area contributed by atoms with E-state index in [0.29, 0.717) is 5.84 Å². The number of hydrogen-bond donors (Lipinski definition) is 1. The summed E-state index contributed by atoms with van der Waals surface area (Å²) in [5, 5.41) is 7.25. The van der Waals surface area contributed by atoms with Crippen molar-refractivity contribution in [1.29, 1.82) is 5.41 Å². The number of nitrogens with one attached hydrogen (secondary N) is 1. The Balaban J connectivity index is 2.43. The topological polar surface area (TPSA) is 56.5 Å². The van der Waals surface area contributed by atoms with Gasteiger partial charge in [-0.1, -0.05) is 6.08 Å². The number of carbonyl (C=O) groups excluding carboxylic acids is 1. The van der Waals surface area contributed by atoms with Crippen LogP contribution in [0.3, 0.4) is 0 Å². The van der Waals surface area contributed by atoms with Gasteiger partial charge in [-0.3, -0.25) is 15.1 Å². The lowest BCUT2D eigenvalue weighted by Crippen LogP contribution is -2.37. The molecule has 0 saturated carbocycles. The first-order chi connectivity index (χ1) is 5.77. The zero-order valence-electron chi connectivity index (χ0n) is 6.32. The van der Waals surface area contributed by atoms with Crippen molar-refractivity contribution >= 4 is 17.6 Å². The lowest BCUT2D eigenvalue weighted by Gasteiger charge is -2.23. The molecule has 0 spiro atoms. The lowest BCUT2D eigenvalue weighted by molar-refractivity contribution is -0.124. The van der Waals surface area contributed by atoms with Gasteiger partial charge in [-0.05, 0) is 12.2 Å². The molecule has 0 aromatic heterocycles. The molecule has 0 bridgehead atoms. The summed E-state index contributed by atoms with van der Waals surface area (Å²) in [6.07, 6.45) is 7.04. The van der Waals surface area contributed by atoms with Crippen LogP contribution in [-0.2, 0) is 4.79 Å². The molecule has 0 unspecified atom stereocenters. The smallest absolute Gasteiger partial charge is 0.239 e. The molecule has 2 heterocycles. The summed E-state index contributed by atoms with van der Waals surface area (Å²) in [5.41, 5.74) is 0. The highest BCUT2D eigenvalue weighted by Gasteiger charge is 2.23. The van der Waals surface area contributed by atoms with Crippen LogP contribution in [0.25, 0.3) is 0 Å². The van der Waals surface area contributed by atoms with E-state index in [9.17, 15) is 4.79 Å². The van der Waals surface area contributed by atoms with E-state index in [0.717, 1.165) is 0 Å². The van der Waals surface area contributed by atoms with Crippen molar-refractivity contribution < 1.29 is 4.79 Å². The number of aliphatic imine (C=N–C) groups is 1. The van der Waals surface area contributed by atoms with E-state index in [1.165, 1.54) is 4.90 Å². The van der Waals surface area contributed by atoms with Crippen molar-refractivity contribution in [3.63, 3.8) is 0 Å². The van der Waals surface area contributed by atoms with Crippen molar-refractivity contribution in [3.8, 4) is 0 Å². The summed E-state index contributed by atoms with van der Waals surface area (Å²) in [6, 6.07) is 0.